The van der Waals surface area contributed by atoms with Gasteiger partial charge in [-0.15, -0.1) is 0 Å². The van der Waals surface area contributed by atoms with E-state index in [0.29, 0.717) is 11.7 Å². The van der Waals surface area contributed by atoms with Crippen LogP contribution in [0.4, 0.5) is 0 Å². The maximum Gasteiger partial charge on any atom is 0.127 e. The van der Waals surface area contributed by atoms with Gasteiger partial charge in [-0.25, -0.2) is 0 Å². The highest BCUT2D eigenvalue weighted by Crippen LogP contribution is 2.36. The molecule has 19 heavy (non-hydrogen) atoms. The lowest BCUT2D eigenvalue weighted by Crippen LogP contribution is -2.32. The van der Waals surface area contributed by atoms with Gasteiger partial charge in [-0.1, -0.05) is 12.8 Å². The predicted molar refractivity (Wildman–Crippen MR) is 74.4 cm³/mol. The second-order valence-electron chi connectivity index (χ2n) is 5.17. The lowest BCUT2D eigenvalue weighted by Gasteiger charge is -2.26. The molecule has 1 fully saturated rings. The summed E-state index contributed by atoms with van der Waals surface area (Å²) >= 11 is 0. The third kappa shape index (κ3) is 3.01. The first-order valence-electron chi connectivity index (χ1n) is 6.83. The standard InChI is InChI=1S/C15H23NO3/c1-18-11-7-8-12(13(9-11)19-2)14(16)15(17)10-5-3-4-6-10/h7-10,14-15,17H,3-6,16H2,1-2H3/t14-,15+/m0/s1. The molecular formula is C15H23NO3. The molecule has 3 N–H and O–H groups in total. The van der Waals surface area contributed by atoms with Crippen LogP contribution >= 0.6 is 0 Å². The molecule has 106 valence electrons. The van der Waals surface area contributed by atoms with Gasteiger partial charge in [-0.3, -0.25) is 0 Å². The fourth-order valence-electron chi connectivity index (χ4n) is 2.87. The summed E-state index contributed by atoms with van der Waals surface area (Å²) in [5.74, 6) is 1.70. The second kappa shape index (κ2) is 6.26. The first-order valence-corrected chi connectivity index (χ1v) is 6.83. The molecule has 0 saturated heterocycles. The van der Waals surface area contributed by atoms with E-state index in [9.17, 15) is 5.11 Å². The highest BCUT2D eigenvalue weighted by molar-refractivity contribution is 5.42. The molecule has 1 saturated carbocycles. The van der Waals surface area contributed by atoms with Crippen LogP contribution in [-0.4, -0.2) is 25.4 Å². The normalized spacial score (nSPS) is 19.2. The molecule has 0 amide bonds. The topological polar surface area (TPSA) is 64.7 Å². The zero-order chi connectivity index (χ0) is 13.8. The van der Waals surface area contributed by atoms with Crippen molar-refractivity contribution >= 4 is 0 Å². The third-order valence-corrected chi connectivity index (χ3v) is 4.05. The van der Waals surface area contributed by atoms with E-state index in [-0.39, 0.29) is 0 Å². The number of methoxy groups -OCH3 is 2. The molecule has 1 aliphatic rings. The Balaban J connectivity index is 2.19. The van der Waals surface area contributed by atoms with Crippen molar-refractivity contribution in [2.75, 3.05) is 14.2 Å². The summed E-state index contributed by atoms with van der Waals surface area (Å²) < 4.78 is 10.5. The van der Waals surface area contributed by atoms with Gasteiger partial charge in [-0.2, -0.15) is 0 Å². The monoisotopic (exact) mass is 265 g/mol. The fraction of sp³-hybridized carbons (Fsp3) is 0.600. The maximum atomic E-state index is 10.4. The summed E-state index contributed by atoms with van der Waals surface area (Å²) in [6, 6.07) is 5.11. The van der Waals surface area contributed by atoms with E-state index in [1.165, 1.54) is 12.8 Å². The molecule has 0 heterocycles. The Morgan fingerprint density at radius 1 is 1.21 bits per heavy atom. The van der Waals surface area contributed by atoms with Crippen LogP contribution in [0, 0.1) is 5.92 Å². The number of ether oxygens (including phenoxy) is 2. The highest BCUT2D eigenvalue weighted by atomic mass is 16.5. The predicted octanol–water partition coefficient (Wildman–Crippen LogP) is 2.25. The van der Waals surface area contributed by atoms with Gasteiger partial charge in [0.15, 0.2) is 0 Å². The Hall–Kier alpha value is -1.26. The van der Waals surface area contributed by atoms with E-state index in [4.69, 9.17) is 15.2 Å². The molecule has 4 nitrogen and oxygen atoms in total. The Bertz CT molecular complexity index is 416. The Labute approximate surface area is 114 Å². The number of nitrogens with two attached hydrogens (primary N) is 1. The van der Waals surface area contributed by atoms with Gasteiger partial charge in [-0.05, 0) is 30.9 Å². The van der Waals surface area contributed by atoms with Crippen molar-refractivity contribution in [3.63, 3.8) is 0 Å². The molecule has 0 radical (unpaired) electrons. The highest BCUT2D eigenvalue weighted by Gasteiger charge is 2.30. The molecule has 0 spiro atoms. The van der Waals surface area contributed by atoms with E-state index in [1.807, 2.05) is 12.1 Å². The Morgan fingerprint density at radius 2 is 1.89 bits per heavy atom. The van der Waals surface area contributed by atoms with E-state index < -0.39 is 12.1 Å². The summed E-state index contributed by atoms with van der Waals surface area (Å²) in [4.78, 5) is 0. The number of rotatable bonds is 5. The van der Waals surface area contributed by atoms with Crippen molar-refractivity contribution in [2.45, 2.75) is 37.8 Å². The molecule has 4 heteroatoms. The van der Waals surface area contributed by atoms with Crippen molar-refractivity contribution in [1.82, 2.24) is 0 Å². The van der Waals surface area contributed by atoms with Crippen molar-refractivity contribution in [2.24, 2.45) is 11.7 Å². The Morgan fingerprint density at radius 3 is 2.47 bits per heavy atom. The van der Waals surface area contributed by atoms with Crippen LogP contribution in [0.2, 0.25) is 0 Å². The van der Waals surface area contributed by atoms with Crippen LogP contribution in [-0.2, 0) is 0 Å². The first-order chi connectivity index (χ1) is 9.17. The summed E-state index contributed by atoms with van der Waals surface area (Å²) in [6.45, 7) is 0. The molecule has 0 bridgehead atoms. The first kappa shape index (κ1) is 14.2. The zero-order valence-corrected chi connectivity index (χ0v) is 11.6. The quantitative estimate of drug-likeness (QED) is 0.857. The van der Waals surface area contributed by atoms with Gasteiger partial charge >= 0.3 is 0 Å². The zero-order valence-electron chi connectivity index (χ0n) is 11.6. The molecule has 1 aromatic carbocycles. The molecule has 0 aromatic heterocycles. The van der Waals surface area contributed by atoms with Crippen LogP contribution in [0.5, 0.6) is 11.5 Å². The van der Waals surface area contributed by atoms with Gasteiger partial charge in [0.05, 0.1) is 26.4 Å². The number of aliphatic hydroxyl groups is 1. The van der Waals surface area contributed by atoms with Crippen molar-refractivity contribution < 1.29 is 14.6 Å². The third-order valence-electron chi connectivity index (χ3n) is 4.05. The number of aliphatic hydroxyl groups excluding tert-OH is 1. The second-order valence-corrected chi connectivity index (χ2v) is 5.17. The average Bonchev–Trinajstić information content (AvgIpc) is 2.99. The minimum Gasteiger partial charge on any atom is -0.497 e. The number of benzene rings is 1. The van der Waals surface area contributed by atoms with E-state index in [2.05, 4.69) is 0 Å². The molecule has 0 unspecified atom stereocenters. The van der Waals surface area contributed by atoms with Crippen LogP contribution in [0.3, 0.4) is 0 Å². The Kier molecular flexibility index (Phi) is 4.66. The van der Waals surface area contributed by atoms with Crippen molar-refractivity contribution in [3.05, 3.63) is 23.8 Å². The molecule has 1 aromatic rings. The molecule has 1 aliphatic carbocycles. The SMILES string of the molecule is COc1ccc([C@H](N)[C@H](O)C2CCCC2)c(OC)c1. The van der Waals surface area contributed by atoms with Gasteiger partial charge in [0.2, 0.25) is 0 Å². The van der Waals surface area contributed by atoms with E-state index >= 15 is 0 Å². The van der Waals surface area contributed by atoms with Gasteiger partial charge in [0, 0.05) is 11.6 Å². The lowest BCUT2D eigenvalue weighted by molar-refractivity contribution is 0.0836. The summed E-state index contributed by atoms with van der Waals surface area (Å²) in [5, 5.41) is 10.4. The van der Waals surface area contributed by atoms with Crippen LogP contribution in [0.25, 0.3) is 0 Å². The molecule has 2 atom stereocenters. The minimum absolute atomic E-state index is 0.307. The molecular weight excluding hydrogens is 242 g/mol. The average molecular weight is 265 g/mol. The van der Waals surface area contributed by atoms with Gasteiger partial charge in [0.25, 0.3) is 0 Å². The smallest absolute Gasteiger partial charge is 0.127 e. The summed E-state index contributed by atoms with van der Waals surface area (Å²) in [7, 11) is 3.22. The molecule has 0 aliphatic heterocycles. The van der Waals surface area contributed by atoms with E-state index in [0.717, 1.165) is 24.2 Å². The maximum absolute atomic E-state index is 10.4. The van der Waals surface area contributed by atoms with E-state index in [1.54, 1.807) is 20.3 Å². The van der Waals surface area contributed by atoms with Crippen molar-refractivity contribution in [3.8, 4) is 11.5 Å². The summed E-state index contributed by atoms with van der Waals surface area (Å²) in [5.41, 5.74) is 7.05. The molecule has 2 rings (SSSR count). The lowest BCUT2D eigenvalue weighted by atomic mass is 9.90. The number of hydrogen-bond acceptors (Lipinski definition) is 4. The number of hydrogen-bond donors (Lipinski definition) is 2. The largest absolute Gasteiger partial charge is 0.497 e. The van der Waals surface area contributed by atoms with Crippen LogP contribution in [0.1, 0.15) is 37.3 Å². The fourth-order valence-corrected chi connectivity index (χ4v) is 2.87. The van der Waals surface area contributed by atoms with Gasteiger partial charge < -0.3 is 20.3 Å². The summed E-state index contributed by atoms with van der Waals surface area (Å²) in [6.07, 6.45) is 3.99. The minimum atomic E-state index is -0.509. The van der Waals surface area contributed by atoms with Crippen LogP contribution in [0.15, 0.2) is 18.2 Å². The van der Waals surface area contributed by atoms with Crippen LogP contribution < -0.4 is 15.2 Å². The van der Waals surface area contributed by atoms with Crippen molar-refractivity contribution in [1.29, 1.82) is 0 Å². The van der Waals surface area contributed by atoms with Gasteiger partial charge in [0.1, 0.15) is 11.5 Å².